The maximum Gasteiger partial charge on any atom is 0.191 e. The van der Waals surface area contributed by atoms with Gasteiger partial charge in [0.05, 0.1) is 6.54 Å². The number of nitrogens with two attached hydrogens (primary N) is 1. The number of rotatable bonds is 3. The van der Waals surface area contributed by atoms with Crippen LogP contribution in [-0.2, 0) is 0 Å². The molecule has 2 saturated heterocycles. The zero-order chi connectivity index (χ0) is 12.8. The van der Waals surface area contributed by atoms with Crippen LogP contribution in [0.25, 0.3) is 0 Å². The van der Waals surface area contributed by atoms with Gasteiger partial charge < -0.3 is 10.6 Å². The summed E-state index contributed by atoms with van der Waals surface area (Å²) in [5, 5.41) is 0. The van der Waals surface area contributed by atoms with E-state index in [0.29, 0.717) is 0 Å². The summed E-state index contributed by atoms with van der Waals surface area (Å²) in [7, 11) is 0. The monoisotopic (exact) mass is 252 g/mol. The van der Waals surface area contributed by atoms with Crippen molar-refractivity contribution in [3.8, 4) is 0 Å². The molecule has 1 atom stereocenters. The zero-order valence-electron chi connectivity index (χ0n) is 11.8. The summed E-state index contributed by atoms with van der Waals surface area (Å²) in [6.45, 7) is 7.67. The van der Waals surface area contributed by atoms with Crippen molar-refractivity contribution in [1.29, 1.82) is 0 Å². The maximum absolute atomic E-state index is 6.06. The zero-order valence-corrected chi connectivity index (χ0v) is 11.8. The van der Waals surface area contributed by atoms with Crippen molar-refractivity contribution in [1.82, 2.24) is 9.80 Å². The van der Waals surface area contributed by atoms with Gasteiger partial charge in [-0.2, -0.15) is 0 Å². The molecule has 0 saturated carbocycles. The molecule has 2 rings (SSSR count). The SMILES string of the molecule is CC1CCCCN1CCN=C(N)N1CCCCC1. The van der Waals surface area contributed by atoms with Crippen molar-refractivity contribution < 1.29 is 0 Å². The molecule has 0 aromatic rings. The van der Waals surface area contributed by atoms with Gasteiger partial charge in [0, 0.05) is 25.7 Å². The van der Waals surface area contributed by atoms with Crippen molar-refractivity contribution >= 4 is 5.96 Å². The van der Waals surface area contributed by atoms with Crippen LogP contribution in [0.1, 0.15) is 45.4 Å². The van der Waals surface area contributed by atoms with E-state index in [-0.39, 0.29) is 0 Å². The quantitative estimate of drug-likeness (QED) is 0.614. The van der Waals surface area contributed by atoms with E-state index in [1.807, 2.05) is 0 Å². The predicted molar refractivity (Wildman–Crippen MR) is 76.8 cm³/mol. The molecule has 0 amide bonds. The van der Waals surface area contributed by atoms with E-state index in [4.69, 9.17) is 5.73 Å². The van der Waals surface area contributed by atoms with Crippen molar-refractivity contribution in [3.63, 3.8) is 0 Å². The standard InChI is InChI=1S/C14H28N4/c1-13-7-3-6-9-17(13)12-8-16-14(15)18-10-4-2-5-11-18/h13H,2-12H2,1H3,(H2,15,16). The molecule has 0 bridgehead atoms. The number of nitrogens with zero attached hydrogens (tertiary/aromatic N) is 3. The van der Waals surface area contributed by atoms with E-state index in [2.05, 4.69) is 21.7 Å². The van der Waals surface area contributed by atoms with Gasteiger partial charge in [0.2, 0.25) is 0 Å². The van der Waals surface area contributed by atoms with Crippen molar-refractivity contribution in [2.75, 3.05) is 32.7 Å². The Balaban J connectivity index is 1.72. The van der Waals surface area contributed by atoms with Gasteiger partial charge in [0.25, 0.3) is 0 Å². The number of hydrogen-bond acceptors (Lipinski definition) is 2. The van der Waals surface area contributed by atoms with Crippen LogP contribution in [0.2, 0.25) is 0 Å². The van der Waals surface area contributed by atoms with Gasteiger partial charge in [-0.05, 0) is 45.6 Å². The average molecular weight is 252 g/mol. The molecule has 0 radical (unpaired) electrons. The minimum Gasteiger partial charge on any atom is -0.370 e. The molecule has 2 fully saturated rings. The number of hydrogen-bond donors (Lipinski definition) is 1. The van der Waals surface area contributed by atoms with Crippen LogP contribution in [0.15, 0.2) is 4.99 Å². The van der Waals surface area contributed by atoms with E-state index >= 15 is 0 Å². The summed E-state index contributed by atoms with van der Waals surface area (Å²) in [6, 6.07) is 0.727. The summed E-state index contributed by atoms with van der Waals surface area (Å²) in [5.74, 6) is 0.763. The minimum atomic E-state index is 0.727. The van der Waals surface area contributed by atoms with Crippen molar-refractivity contribution in [2.24, 2.45) is 10.7 Å². The van der Waals surface area contributed by atoms with Crippen molar-refractivity contribution in [3.05, 3.63) is 0 Å². The smallest absolute Gasteiger partial charge is 0.191 e. The third-order valence-electron chi connectivity index (χ3n) is 4.28. The molecule has 1 unspecified atom stereocenters. The molecular weight excluding hydrogens is 224 g/mol. The number of aliphatic imine (C=N–C) groups is 1. The largest absolute Gasteiger partial charge is 0.370 e. The Bertz CT molecular complexity index is 271. The Morgan fingerprint density at radius 2 is 1.83 bits per heavy atom. The lowest BCUT2D eigenvalue weighted by molar-refractivity contribution is 0.165. The van der Waals surface area contributed by atoms with Crippen molar-refractivity contribution in [2.45, 2.75) is 51.5 Å². The molecule has 18 heavy (non-hydrogen) atoms. The van der Waals surface area contributed by atoms with Gasteiger partial charge in [0.15, 0.2) is 5.96 Å². The Kier molecular flexibility index (Phi) is 5.29. The summed E-state index contributed by atoms with van der Waals surface area (Å²) in [5.41, 5.74) is 6.06. The molecule has 104 valence electrons. The lowest BCUT2D eigenvalue weighted by Gasteiger charge is -2.33. The van der Waals surface area contributed by atoms with Gasteiger partial charge >= 0.3 is 0 Å². The molecule has 2 aliphatic rings. The van der Waals surface area contributed by atoms with Gasteiger partial charge in [-0.1, -0.05) is 6.42 Å². The third kappa shape index (κ3) is 3.87. The summed E-state index contributed by atoms with van der Waals surface area (Å²) >= 11 is 0. The van der Waals surface area contributed by atoms with Gasteiger partial charge in [0.1, 0.15) is 0 Å². The van der Waals surface area contributed by atoms with Crippen LogP contribution in [-0.4, -0.2) is 54.5 Å². The fraction of sp³-hybridized carbons (Fsp3) is 0.929. The molecule has 0 aromatic heterocycles. The molecule has 0 aromatic carbocycles. The predicted octanol–water partition coefficient (Wildman–Crippen LogP) is 1.66. The van der Waals surface area contributed by atoms with Crippen LogP contribution in [0.3, 0.4) is 0 Å². The van der Waals surface area contributed by atoms with E-state index < -0.39 is 0 Å². The normalized spacial score (nSPS) is 27.5. The van der Waals surface area contributed by atoms with E-state index in [1.54, 1.807) is 0 Å². The highest BCUT2D eigenvalue weighted by molar-refractivity contribution is 5.78. The molecule has 4 heteroatoms. The highest BCUT2D eigenvalue weighted by Crippen LogP contribution is 2.15. The Morgan fingerprint density at radius 1 is 1.11 bits per heavy atom. The van der Waals surface area contributed by atoms with Crippen LogP contribution in [0, 0.1) is 0 Å². The second-order valence-corrected chi connectivity index (χ2v) is 5.67. The number of likely N-dealkylation sites (tertiary alicyclic amines) is 2. The molecule has 4 nitrogen and oxygen atoms in total. The van der Waals surface area contributed by atoms with Crippen LogP contribution in [0.5, 0.6) is 0 Å². The first-order chi connectivity index (χ1) is 8.77. The highest BCUT2D eigenvalue weighted by Gasteiger charge is 2.17. The summed E-state index contributed by atoms with van der Waals surface area (Å²) < 4.78 is 0. The summed E-state index contributed by atoms with van der Waals surface area (Å²) in [4.78, 5) is 9.35. The molecule has 0 aliphatic carbocycles. The minimum absolute atomic E-state index is 0.727. The Hall–Kier alpha value is -0.770. The van der Waals surface area contributed by atoms with E-state index in [1.165, 1.54) is 45.1 Å². The molecule has 0 spiro atoms. The Morgan fingerprint density at radius 3 is 2.56 bits per heavy atom. The van der Waals surface area contributed by atoms with Crippen LogP contribution < -0.4 is 5.73 Å². The molecule has 2 heterocycles. The van der Waals surface area contributed by atoms with Crippen LogP contribution in [0.4, 0.5) is 0 Å². The fourth-order valence-corrected chi connectivity index (χ4v) is 3.01. The van der Waals surface area contributed by atoms with Gasteiger partial charge in [-0.15, -0.1) is 0 Å². The van der Waals surface area contributed by atoms with Crippen LogP contribution >= 0.6 is 0 Å². The second-order valence-electron chi connectivity index (χ2n) is 5.67. The molecule has 2 N–H and O–H groups in total. The highest BCUT2D eigenvalue weighted by atomic mass is 15.3. The first-order valence-electron chi connectivity index (χ1n) is 7.56. The van der Waals surface area contributed by atoms with E-state index in [9.17, 15) is 0 Å². The molecule has 2 aliphatic heterocycles. The second kappa shape index (κ2) is 6.98. The molecular formula is C14H28N4. The lowest BCUT2D eigenvalue weighted by Crippen LogP contribution is -2.42. The number of piperidine rings is 2. The lowest BCUT2D eigenvalue weighted by atomic mass is 10.0. The first kappa shape index (κ1) is 13.7. The topological polar surface area (TPSA) is 44.9 Å². The van der Waals surface area contributed by atoms with Gasteiger partial charge in [-0.3, -0.25) is 9.89 Å². The average Bonchev–Trinajstić information content (AvgIpc) is 2.42. The third-order valence-corrected chi connectivity index (χ3v) is 4.28. The van der Waals surface area contributed by atoms with Gasteiger partial charge in [-0.25, -0.2) is 0 Å². The summed E-state index contributed by atoms with van der Waals surface area (Å²) in [6.07, 6.45) is 7.94. The number of guanidine groups is 1. The maximum atomic E-state index is 6.06. The Labute approximate surface area is 111 Å². The first-order valence-corrected chi connectivity index (χ1v) is 7.56. The van der Waals surface area contributed by atoms with E-state index in [0.717, 1.165) is 38.2 Å². The fourth-order valence-electron chi connectivity index (χ4n) is 3.01.